The van der Waals surface area contributed by atoms with Gasteiger partial charge in [0.2, 0.25) is 0 Å². The summed E-state index contributed by atoms with van der Waals surface area (Å²) >= 11 is 1.41. The van der Waals surface area contributed by atoms with Gasteiger partial charge in [-0.25, -0.2) is 0 Å². The lowest BCUT2D eigenvalue weighted by molar-refractivity contribution is -0.150. The molecule has 1 saturated heterocycles. The predicted molar refractivity (Wildman–Crippen MR) is 241 cm³/mol. The van der Waals surface area contributed by atoms with E-state index in [4.69, 9.17) is 9.47 Å². The molecule has 1 rings (SSSR count). The summed E-state index contributed by atoms with van der Waals surface area (Å²) in [6, 6.07) is 1.08. The summed E-state index contributed by atoms with van der Waals surface area (Å²) in [4.78, 5) is 44.4. The van der Waals surface area contributed by atoms with Gasteiger partial charge in [-0.3, -0.25) is 19.3 Å². The van der Waals surface area contributed by atoms with Crippen molar-refractivity contribution in [2.45, 2.75) is 265 Å². The monoisotopic (exact) mass is 809 g/mol. The van der Waals surface area contributed by atoms with Crippen molar-refractivity contribution in [3.8, 4) is 0 Å². The molecule has 0 spiro atoms. The first-order valence-electron chi connectivity index (χ1n) is 24.3. The van der Waals surface area contributed by atoms with E-state index in [1.165, 1.54) is 127 Å². The van der Waals surface area contributed by atoms with Crippen LogP contribution in [0.1, 0.15) is 241 Å². The van der Waals surface area contributed by atoms with Gasteiger partial charge in [-0.15, -0.1) is 0 Å². The third-order valence-corrected chi connectivity index (χ3v) is 12.7. The third-order valence-electron chi connectivity index (χ3n) is 11.8. The minimum Gasteiger partial charge on any atom is -0.462 e. The summed E-state index contributed by atoms with van der Waals surface area (Å²) in [5.74, 6) is 0.529. The van der Waals surface area contributed by atoms with Crippen molar-refractivity contribution >= 4 is 28.9 Å². The van der Waals surface area contributed by atoms with Gasteiger partial charge in [0.25, 0.3) is 5.24 Å². The highest BCUT2D eigenvalue weighted by Gasteiger charge is 2.27. The number of nitrogens with zero attached hydrogens (tertiary/aromatic N) is 2. The number of hydrogen-bond acceptors (Lipinski definition) is 7. The van der Waals surface area contributed by atoms with E-state index in [0.717, 1.165) is 70.1 Å². The summed E-state index contributed by atoms with van der Waals surface area (Å²) in [6.45, 7) is 15.7. The van der Waals surface area contributed by atoms with Crippen LogP contribution >= 0.6 is 11.8 Å². The van der Waals surface area contributed by atoms with Crippen LogP contribution < -0.4 is 0 Å². The van der Waals surface area contributed by atoms with E-state index in [2.05, 4.69) is 46.4 Å². The second kappa shape index (κ2) is 36.8. The number of esters is 2. The van der Waals surface area contributed by atoms with Crippen molar-refractivity contribution in [1.29, 1.82) is 0 Å². The van der Waals surface area contributed by atoms with E-state index in [1.54, 1.807) is 0 Å². The number of hydrogen-bond donors (Lipinski definition) is 0. The Kier molecular flexibility index (Phi) is 34.6. The lowest BCUT2D eigenvalue weighted by atomic mass is 10.0. The zero-order valence-electron chi connectivity index (χ0n) is 37.9. The number of likely N-dealkylation sites (tertiary alicyclic amines) is 1. The lowest BCUT2D eigenvalue weighted by Gasteiger charge is -2.28. The van der Waals surface area contributed by atoms with E-state index in [-0.39, 0.29) is 29.4 Å². The third kappa shape index (κ3) is 28.2. The molecule has 0 bridgehead atoms. The molecule has 0 aromatic heterocycles. The molecule has 56 heavy (non-hydrogen) atoms. The molecule has 330 valence electrons. The summed E-state index contributed by atoms with van der Waals surface area (Å²) in [5.41, 5.74) is 0. The number of unbranched alkanes of at least 4 members (excludes halogenated alkanes) is 16. The van der Waals surface area contributed by atoms with Gasteiger partial charge in [-0.05, 0) is 104 Å². The number of rotatable bonds is 38. The van der Waals surface area contributed by atoms with Gasteiger partial charge in [0.1, 0.15) is 12.2 Å². The van der Waals surface area contributed by atoms with Crippen LogP contribution in [0.25, 0.3) is 0 Å². The maximum absolute atomic E-state index is 13.7. The van der Waals surface area contributed by atoms with Gasteiger partial charge in [0, 0.05) is 43.8 Å². The molecule has 1 fully saturated rings. The summed E-state index contributed by atoms with van der Waals surface area (Å²) < 4.78 is 12.2. The molecule has 1 unspecified atom stereocenters. The van der Waals surface area contributed by atoms with Crippen molar-refractivity contribution in [2.24, 2.45) is 0 Å². The number of carbonyl (C=O) groups is 3. The minimum atomic E-state index is -0.133. The Balaban J connectivity index is 2.76. The number of carbonyl (C=O) groups excluding carboxylic acids is 3. The quantitative estimate of drug-likeness (QED) is 0.0454. The standard InChI is InChI=1S/C48H92N2O5S/c1-7-11-15-19-23-31-44(32-24-20-16-12-8-2)54-46(51)35-28-38-49(48(53)56-41-37-43-30-27-40-50(43)42(5)6)39-29-36-47(52)55-45(33-25-21-17-13-9-3)34-26-22-18-14-10-4/h42-45H,7-41H2,1-6H3. The molecule has 0 radical (unpaired) electrons. The highest BCUT2D eigenvalue weighted by atomic mass is 32.2. The van der Waals surface area contributed by atoms with Gasteiger partial charge >= 0.3 is 11.9 Å². The van der Waals surface area contributed by atoms with Gasteiger partial charge in [-0.1, -0.05) is 142 Å². The maximum atomic E-state index is 13.7. The summed E-state index contributed by atoms with van der Waals surface area (Å²) in [7, 11) is 0. The second-order valence-corrected chi connectivity index (χ2v) is 18.3. The van der Waals surface area contributed by atoms with E-state index >= 15 is 0 Å². The number of amides is 1. The Labute approximate surface area is 351 Å². The molecule has 0 aromatic carbocycles. The van der Waals surface area contributed by atoms with Crippen LogP contribution in [0.2, 0.25) is 0 Å². The fourth-order valence-electron chi connectivity index (χ4n) is 8.26. The summed E-state index contributed by atoms with van der Waals surface area (Å²) in [5, 5.41) is 0.0647. The van der Waals surface area contributed by atoms with Crippen molar-refractivity contribution < 1.29 is 23.9 Å². The first kappa shape index (κ1) is 52.7. The molecule has 0 saturated carbocycles. The van der Waals surface area contributed by atoms with E-state index in [9.17, 15) is 14.4 Å². The van der Waals surface area contributed by atoms with Gasteiger partial charge < -0.3 is 14.4 Å². The van der Waals surface area contributed by atoms with E-state index < -0.39 is 0 Å². The SMILES string of the molecule is CCCCCCCC(CCCCCCC)OC(=O)CCCN(CCCC(=O)OC(CCCCCCC)CCCCCCC)C(=O)SCCC1CCCN1C(C)C. The Bertz CT molecular complexity index is 869. The van der Waals surface area contributed by atoms with Crippen LogP contribution in [0.5, 0.6) is 0 Å². The lowest BCUT2D eigenvalue weighted by Crippen LogP contribution is -2.36. The largest absolute Gasteiger partial charge is 0.462 e. The highest BCUT2D eigenvalue weighted by molar-refractivity contribution is 8.13. The molecule has 7 nitrogen and oxygen atoms in total. The van der Waals surface area contributed by atoms with Gasteiger partial charge in [0.15, 0.2) is 0 Å². The van der Waals surface area contributed by atoms with Crippen LogP contribution in [0.15, 0.2) is 0 Å². The normalized spacial score (nSPS) is 14.7. The fraction of sp³-hybridized carbons (Fsp3) is 0.938. The van der Waals surface area contributed by atoms with Crippen LogP contribution in [0.3, 0.4) is 0 Å². The van der Waals surface area contributed by atoms with Crippen LogP contribution in [-0.4, -0.2) is 76.7 Å². The Morgan fingerprint density at radius 1 is 0.589 bits per heavy atom. The molecular formula is C48H92N2O5S. The Morgan fingerprint density at radius 3 is 1.36 bits per heavy atom. The molecule has 0 N–H and O–H groups in total. The van der Waals surface area contributed by atoms with Crippen molar-refractivity contribution in [2.75, 3.05) is 25.4 Å². The fourth-order valence-corrected chi connectivity index (χ4v) is 9.19. The van der Waals surface area contributed by atoms with Crippen molar-refractivity contribution in [3.05, 3.63) is 0 Å². The molecule has 1 atom stereocenters. The molecule has 0 aromatic rings. The Hall–Kier alpha value is -1.28. The Morgan fingerprint density at radius 2 is 0.982 bits per heavy atom. The second-order valence-electron chi connectivity index (χ2n) is 17.3. The summed E-state index contributed by atoms with van der Waals surface area (Å²) in [6.07, 6.45) is 33.4. The van der Waals surface area contributed by atoms with E-state index in [0.29, 0.717) is 50.9 Å². The first-order valence-corrected chi connectivity index (χ1v) is 25.3. The number of ether oxygens (including phenoxy) is 2. The topological polar surface area (TPSA) is 76.1 Å². The smallest absolute Gasteiger partial charge is 0.306 e. The van der Waals surface area contributed by atoms with Crippen molar-refractivity contribution in [1.82, 2.24) is 9.80 Å². The molecule has 1 aliphatic heterocycles. The first-order chi connectivity index (χ1) is 27.2. The minimum absolute atomic E-state index is 0.00237. The molecule has 1 amide bonds. The number of thioether (sulfide) groups is 1. The van der Waals surface area contributed by atoms with Crippen LogP contribution in [0, 0.1) is 0 Å². The zero-order chi connectivity index (χ0) is 41.1. The maximum Gasteiger partial charge on any atom is 0.306 e. The molecular weight excluding hydrogens is 717 g/mol. The van der Waals surface area contributed by atoms with E-state index in [1.807, 2.05) is 4.90 Å². The van der Waals surface area contributed by atoms with Gasteiger partial charge in [0.05, 0.1) is 0 Å². The highest BCUT2D eigenvalue weighted by Crippen LogP contribution is 2.25. The average Bonchev–Trinajstić information content (AvgIpc) is 3.65. The predicted octanol–water partition coefficient (Wildman–Crippen LogP) is 14.2. The van der Waals surface area contributed by atoms with Gasteiger partial charge in [-0.2, -0.15) is 0 Å². The van der Waals surface area contributed by atoms with Crippen LogP contribution in [0.4, 0.5) is 4.79 Å². The van der Waals surface area contributed by atoms with Crippen LogP contribution in [-0.2, 0) is 19.1 Å². The van der Waals surface area contributed by atoms with Crippen molar-refractivity contribution in [3.63, 3.8) is 0 Å². The molecule has 8 heteroatoms. The zero-order valence-corrected chi connectivity index (χ0v) is 38.7. The molecule has 1 heterocycles. The molecule has 1 aliphatic rings. The average molecular weight is 809 g/mol. The molecule has 0 aliphatic carbocycles.